The van der Waals surface area contributed by atoms with Crippen molar-refractivity contribution in [2.45, 2.75) is 27.7 Å². The lowest BCUT2D eigenvalue weighted by atomic mass is 10.2. The minimum atomic E-state index is -0.249. The molecule has 3 aromatic rings. The van der Waals surface area contributed by atoms with Gasteiger partial charge in [0.2, 0.25) is 0 Å². The van der Waals surface area contributed by atoms with E-state index in [4.69, 9.17) is 4.42 Å². The summed E-state index contributed by atoms with van der Waals surface area (Å²) in [6.07, 6.45) is 1.59. The minimum absolute atomic E-state index is 0.249. The zero-order valence-corrected chi connectivity index (χ0v) is 14.8. The minimum Gasteiger partial charge on any atom is -0.466 e. The van der Waals surface area contributed by atoms with Gasteiger partial charge in [-0.25, -0.2) is 5.43 Å². The largest absolute Gasteiger partial charge is 0.466 e. The third-order valence-electron chi connectivity index (χ3n) is 4.11. The number of nitrogens with one attached hydrogen (secondary N) is 1. The van der Waals surface area contributed by atoms with Gasteiger partial charge in [0.25, 0.3) is 5.91 Å². The third-order valence-corrected chi connectivity index (χ3v) is 4.11. The van der Waals surface area contributed by atoms with Crippen molar-refractivity contribution in [1.82, 2.24) is 9.99 Å². The third kappa shape index (κ3) is 3.55. The second-order valence-corrected chi connectivity index (χ2v) is 6.07. The molecular weight excluding hydrogens is 314 g/mol. The summed E-state index contributed by atoms with van der Waals surface area (Å²) >= 11 is 0. The van der Waals surface area contributed by atoms with Gasteiger partial charge in [0.1, 0.15) is 11.5 Å². The zero-order chi connectivity index (χ0) is 18.0. The van der Waals surface area contributed by atoms with Crippen LogP contribution in [-0.2, 0) is 0 Å². The van der Waals surface area contributed by atoms with Crippen molar-refractivity contribution in [3.63, 3.8) is 0 Å². The van der Waals surface area contributed by atoms with E-state index in [1.54, 1.807) is 18.3 Å². The summed E-state index contributed by atoms with van der Waals surface area (Å²) in [6.45, 7) is 7.85. The Kier molecular flexibility index (Phi) is 4.57. The van der Waals surface area contributed by atoms with Crippen LogP contribution in [0.25, 0.3) is 5.69 Å². The molecule has 1 amide bonds. The molecule has 0 saturated heterocycles. The van der Waals surface area contributed by atoms with Crippen molar-refractivity contribution >= 4 is 12.1 Å². The van der Waals surface area contributed by atoms with Crippen LogP contribution in [0.4, 0.5) is 0 Å². The predicted molar refractivity (Wildman–Crippen MR) is 98.5 cm³/mol. The van der Waals surface area contributed by atoms with Crippen LogP contribution in [-0.4, -0.2) is 16.7 Å². The van der Waals surface area contributed by atoms with E-state index >= 15 is 0 Å². The van der Waals surface area contributed by atoms with Gasteiger partial charge >= 0.3 is 0 Å². The predicted octanol–water partition coefficient (Wildman–Crippen LogP) is 4.07. The summed E-state index contributed by atoms with van der Waals surface area (Å²) in [5, 5.41) is 4.00. The van der Waals surface area contributed by atoms with E-state index in [-0.39, 0.29) is 5.91 Å². The van der Waals surface area contributed by atoms with E-state index in [9.17, 15) is 4.79 Å². The van der Waals surface area contributed by atoms with Crippen LogP contribution in [0, 0.1) is 27.7 Å². The molecule has 2 aromatic heterocycles. The van der Waals surface area contributed by atoms with Gasteiger partial charge in [0.15, 0.2) is 0 Å². The van der Waals surface area contributed by atoms with Crippen molar-refractivity contribution < 1.29 is 9.21 Å². The Morgan fingerprint density at radius 2 is 1.68 bits per heavy atom. The molecule has 1 aromatic carbocycles. The number of nitrogens with zero attached hydrogens (tertiary/aromatic N) is 2. The molecule has 5 nitrogen and oxygen atoms in total. The van der Waals surface area contributed by atoms with Crippen molar-refractivity contribution in [2.24, 2.45) is 5.10 Å². The fraction of sp³-hybridized carbons (Fsp3) is 0.200. The Bertz CT molecular complexity index is 911. The zero-order valence-electron chi connectivity index (χ0n) is 14.8. The average molecular weight is 335 g/mol. The fourth-order valence-corrected chi connectivity index (χ4v) is 2.84. The van der Waals surface area contributed by atoms with E-state index < -0.39 is 0 Å². The molecular formula is C20H21N3O2. The van der Waals surface area contributed by atoms with Gasteiger partial charge in [0.05, 0.1) is 6.21 Å². The summed E-state index contributed by atoms with van der Waals surface area (Å²) < 4.78 is 7.56. The molecule has 0 aliphatic heterocycles. The Labute approximate surface area is 147 Å². The first-order valence-electron chi connectivity index (χ1n) is 8.11. The quantitative estimate of drug-likeness (QED) is 0.577. The number of aromatic nitrogens is 1. The number of furan rings is 1. The molecule has 25 heavy (non-hydrogen) atoms. The Morgan fingerprint density at radius 3 is 2.24 bits per heavy atom. The number of carbonyl (C=O) groups excluding carboxylic acids is 1. The lowest BCUT2D eigenvalue weighted by molar-refractivity contribution is 0.0955. The molecule has 0 aliphatic rings. The number of hydrogen-bond acceptors (Lipinski definition) is 3. The standard InChI is InChI=1S/C20H21N3O2/c1-13-5-6-14(2)23(13)19-9-7-17(8-10-19)20(24)22-21-12-18-11-15(3)25-16(18)4/h5-12H,1-4H3,(H,22,24)/b21-12+. The molecule has 0 saturated carbocycles. The topological polar surface area (TPSA) is 59.5 Å². The highest BCUT2D eigenvalue weighted by Crippen LogP contribution is 2.17. The summed E-state index contributed by atoms with van der Waals surface area (Å²) in [5.74, 6) is 1.34. The van der Waals surface area contributed by atoms with Crippen LogP contribution in [0.2, 0.25) is 0 Å². The van der Waals surface area contributed by atoms with E-state index in [1.165, 1.54) is 0 Å². The Balaban J connectivity index is 1.70. The maximum absolute atomic E-state index is 12.2. The van der Waals surface area contributed by atoms with Crippen LogP contribution in [0.5, 0.6) is 0 Å². The average Bonchev–Trinajstić information content (AvgIpc) is 3.08. The van der Waals surface area contributed by atoms with Crippen LogP contribution in [0.15, 0.2) is 52.0 Å². The first-order valence-corrected chi connectivity index (χ1v) is 8.11. The van der Waals surface area contributed by atoms with E-state index in [2.05, 4.69) is 41.1 Å². The van der Waals surface area contributed by atoms with Crippen molar-refractivity contribution in [1.29, 1.82) is 0 Å². The summed E-state index contributed by atoms with van der Waals surface area (Å²) in [6, 6.07) is 13.5. The van der Waals surface area contributed by atoms with Gasteiger partial charge in [0, 0.05) is 28.2 Å². The molecule has 0 atom stereocenters. The number of aryl methyl sites for hydroxylation is 4. The maximum atomic E-state index is 12.2. The molecule has 2 heterocycles. The van der Waals surface area contributed by atoms with Gasteiger partial charge < -0.3 is 8.98 Å². The Morgan fingerprint density at radius 1 is 1.04 bits per heavy atom. The van der Waals surface area contributed by atoms with Crippen LogP contribution in [0.1, 0.15) is 38.8 Å². The highest BCUT2D eigenvalue weighted by Gasteiger charge is 2.07. The number of carbonyl (C=O) groups is 1. The van der Waals surface area contributed by atoms with E-state index in [0.29, 0.717) is 5.56 Å². The van der Waals surface area contributed by atoms with Gasteiger partial charge in [-0.1, -0.05) is 0 Å². The van der Waals surface area contributed by atoms with E-state index in [0.717, 1.165) is 34.2 Å². The highest BCUT2D eigenvalue weighted by atomic mass is 16.3. The second-order valence-electron chi connectivity index (χ2n) is 6.07. The molecule has 0 aliphatic carbocycles. The van der Waals surface area contributed by atoms with Gasteiger partial charge in [-0.3, -0.25) is 4.79 Å². The van der Waals surface area contributed by atoms with Gasteiger partial charge in [-0.2, -0.15) is 5.10 Å². The monoisotopic (exact) mass is 335 g/mol. The molecule has 5 heteroatoms. The summed E-state index contributed by atoms with van der Waals surface area (Å²) in [5.41, 5.74) is 7.30. The number of rotatable bonds is 4. The molecule has 1 N–H and O–H groups in total. The molecule has 3 rings (SSSR count). The van der Waals surface area contributed by atoms with Gasteiger partial charge in [-0.05, 0) is 70.2 Å². The first-order chi connectivity index (χ1) is 12.0. The fourth-order valence-electron chi connectivity index (χ4n) is 2.84. The van der Waals surface area contributed by atoms with Crippen molar-refractivity contribution in [2.75, 3.05) is 0 Å². The Hall–Kier alpha value is -3.08. The summed E-state index contributed by atoms with van der Waals surface area (Å²) in [7, 11) is 0. The van der Waals surface area contributed by atoms with E-state index in [1.807, 2.05) is 32.0 Å². The number of hydrazone groups is 1. The van der Waals surface area contributed by atoms with Gasteiger partial charge in [-0.15, -0.1) is 0 Å². The molecule has 0 unspecified atom stereocenters. The van der Waals surface area contributed by atoms with Crippen molar-refractivity contribution in [3.05, 3.63) is 76.5 Å². The maximum Gasteiger partial charge on any atom is 0.271 e. The van der Waals surface area contributed by atoms with Crippen LogP contribution < -0.4 is 5.43 Å². The molecule has 0 fully saturated rings. The molecule has 0 spiro atoms. The SMILES string of the molecule is Cc1cc(/C=N/NC(=O)c2ccc(-n3c(C)ccc3C)cc2)c(C)o1. The molecule has 0 radical (unpaired) electrons. The summed E-state index contributed by atoms with van der Waals surface area (Å²) in [4.78, 5) is 12.2. The highest BCUT2D eigenvalue weighted by molar-refractivity contribution is 5.95. The first kappa shape index (κ1) is 16.8. The second kappa shape index (κ2) is 6.81. The molecule has 128 valence electrons. The van der Waals surface area contributed by atoms with Crippen molar-refractivity contribution in [3.8, 4) is 5.69 Å². The number of hydrogen-bond donors (Lipinski definition) is 1. The molecule has 0 bridgehead atoms. The number of amides is 1. The van der Waals surface area contributed by atoms with Crippen LogP contribution in [0.3, 0.4) is 0 Å². The smallest absolute Gasteiger partial charge is 0.271 e. The number of benzene rings is 1. The normalized spacial score (nSPS) is 11.2. The van der Waals surface area contributed by atoms with Crippen LogP contribution >= 0.6 is 0 Å². The lowest BCUT2D eigenvalue weighted by Gasteiger charge is -2.10. The lowest BCUT2D eigenvalue weighted by Crippen LogP contribution is -2.17.